The molecule has 21 heavy (non-hydrogen) atoms. The van der Waals surface area contributed by atoms with Crippen LogP contribution in [0.1, 0.15) is 33.1 Å². The lowest BCUT2D eigenvalue weighted by Crippen LogP contribution is -2.48. The maximum absolute atomic E-state index is 12.4. The summed E-state index contributed by atoms with van der Waals surface area (Å²) in [5.74, 6) is -0.666. The van der Waals surface area contributed by atoms with Crippen molar-refractivity contribution in [3.05, 3.63) is 18.5 Å². The van der Waals surface area contributed by atoms with Crippen molar-refractivity contribution in [2.75, 3.05) is 12.3 Å². The van der Waals surface area contributed by atoms with Gasteiger partial charge in [-0.25, -0.2) is 8.42 Å². The summed E-state index contributed by atoms with van der Waals surface area (Å²) in [6, 6.07) is 1.88. The number of piperidine rings is 1. The Labute approximate surface area is 126 Å². The van der Waals surface area contributed by atoms with Gasteiger partial charge in [-0.05, 0) is 39.2 Å². The Morgan fingerprint density at radius 3 is 2.76 bits per heavy atom. The molecule has 1 fully saturated rings. The average molecular weight is 313 g/mol. The maximum atomic E-state index is 12.4. The zero-order valence-electron chi connectivity index (χ0n) is 12.6. The summed E-state index contributed by atoms with van der Waals surface area (Å²) in [7, 11) is -3.35. The fourth-order valence-electron chi connectivity index (χ4n) is 2.56. The third-order valence-corrected chi connectivity index (χ3v) is 6.03. The lowest BCUT2D eigenvalue weighted by Gasteiger charge is -2.35. The smallest absolute Gasteiger partial charge is 0.238 e. The van der Waals surface area contributed by atoms with Crippen LogP contribution in [0.2, 0.25) is 0 Å². The van der Waals surface area contributed by atoms with Gasteiger partial charge in [0.25, 0.3) is 0 Å². The highest BCUT2D eigenvalue weighted by Crippen LogP contribution is 2.19. The molecule has 0 bridgehead atoms. The Kier molecular flexibility index (Phi) is 5.03. The van der Waals surface area contributed by atoms with Crippen molar-refractivity contribution in [1.29, 1.82) is 0 Å². The second-order valence-corrected chi connectivity index (χ2v) is 8.38. The summed E-state index contributed by atoms with van der Waals surface area (Å²) >= 11 is 0. The van der Waals surface area contributed by atoms with Crippen LogP contribution in [0.25, 0.3) is 0 Å². The van der Waals surface area contributed by atoms with Crippen molar-refractivity contribution in [2.45, 2.75) is 50.9 Å². The number of carbonyl (C=O) groups is 1. The van der Waals surface area contributed by atoms with Crippen molar-refractivity contribution in [3.63, 3.8) is 0 Å². The SMILES string of the molecule is CC(C)S(=O)(=O)CC(=O)N1CCCCC1Cn1cccn1. The van der Waals surface area contributed by atoms with Crippen LogP contribution in [-0.2, 0) is 21.2 Å². The molecule has 118 valence electrons. The lowest BCUT2D eigenvalue weighted by atomic mass is 10.0. The molecule has 6 nitrogen and oxygen atoms in total. The maximum Gasteiger partial charge on any atom is 0.238 e. The van der Waals surface area contributed by atoms with E-state index in [0.717, 1.165) is 19.3 Å². The van der Waals surface area contributed by atoms with Gasteiger partial charge in [-0.1, -0.05) is 0 Å². The molecular weight excluding hydrogens is 290 g/mol. The number of carbonyl (C=O) groups excluding carboxylic acids is 1. The molecule has 1 aromatic rings. The molecule has 1 aliphatic rings. The molecule has 2 heterocycles. The van der Waals surface area contributed by atoms with Gasteiger partial charge >= 0.3 is 0 Å². The van der Waals surface area contributed by atoms with Crippen LogP contribution in [0.5, 0.6) is 0 Å². The van der Waals surface area contributed by atoms with E-state index in [1.54, 1.807) is 29.6 Å². The van der Waals surface area contributed by atoms with Crippen LogP contribution >= 0.6 is 0 Å². The first-order chi connectivity index (χ1) is 9.90. The van der Waals surface area contributed by atoms with E-state index in [9.17, 15) is 13.2 Å². The van der Waals surface area contributed by atoms with Crippen LogP contribution in [0.3, 0.4) is 0 Å². The van der Waals surface area contributed by atoms with E-state index in [1.165, 1.54) is 0 Å². The molecule has 0 spiro atoms. The summed E-state index contributed by atoms with van der Waals surface area (Å²) in [5, 5.41) is 3.65. The van der Waals surface area contributed by atoms with Crippen LogP contribution in [-0.4, -0.2) is 52.6 Å². The number of amides is 1. The first kappa shape index (κ1) is 16.0. The fourth-order valence-corrected chi connectivity index (χ4v) is 3.41. The largest absolute Gasteiger partial charge is 0.337 e. The average Bonchev–Trinajstić information content (AvgIpc) is 2.91. The third-order valence-electron chi connectivity index (χ3n) is 3.95. The van der Waals surface area contributed by atoms with Gasteiger partial charge in [-0.2, -0.15) is 5.10 Å². The molecule has 0 radical (unpaired) electrons. The molecule has 1 amide bonds. The van der Waals surface area contributed by atoms with Crippen LogP contribution in [0.4, 0.5) is 0 Å². The third kappa shape index (κ3) is 4.06. The molecule has 0 aliphatic carbocycles. The van der Waals surface area contributed by atoms with Gasteiger partial charge in [0.1, 0.15) is 5.75 Å². The number of likely N-dealkylation sites (tertiary alicyclic amines) is 1. The number of aromatic nitrogens is 2. The van der Waals surface area contributed by atoms with Gasteiger partial charge in [-0.3, -0.25) is 9.48 Å². The predicted molar refractivity (Wildman–Crippen MR) is 80.5 cm³/mol. The highest BCUT2D eigenvalue weighted by Gasteiger charge is 2.30. The number of hydrogen-bond acceptors (Lipinski definition) is 4. The van der Waals surface area contributed by atoms with Crippen LogP contribution < -0.4 is 0 Å². The number of hydrogen-bond donors (Lipinski definition) is 0. The Morgan fingerprint density at radius 2 is 2.14 bits per heavy atom. The van der Waals surface area contributed by atoms with Gasteiger partial charge in [0, 0.05) is 18.9 Å². The minimum Gasteiger partial charge on any atom is -0.337 e. The van der Waals surface area contributed by atoms with Crippen molar-refractivity contribution in [1.82, 2.24) is 14.7 Å². The molecule has 1 aromatic heterocycles. The molecule has 1 aliphatic heterocycles. The summed E-state index contributed by atoms with van der Waals surface area (Å²) in [6.45, 7) is 4.49. The second-order valence-electron chi connectivity index (χ2n) is 5.82. The molecule has 1 saturated heterocycles. The van der Waals surface area contributed by atoms with Gasteiger partial charge in [-0.15, -0.1) is 0 Å². The first-order valence-corrected chi connectivity index (χ1v) is 9.10. The Hall–Kier alpha value is -1.37. The molecule has 0 saturated carbocycles. The molecular formula is C14H23N3O3S. The van der Waals surface area contributed by atoms with E-state index < -0.39 is 15.1 Å². The first-order valence-electron chi connectivity index (χ1n) is 7.38. The van der Waals surface area contributed by atoms with Crippen molar-refractivity contribution in [2.24, 2.45) is 0 Å². The molecule has 1 unspecified atom stereocenters. The van der Waals surface area contributed by atoms with Crippen LogP contribution in [0.15, 0.2) is 18.5 Å². The quantitative estimate of drug-likeness (QED) is 0.815. The minimum absolute atomic E-state index is 0.0357. The monoisotopic (exact) mass is 313 g/mol. The van der Waals surface area contributed by atoms with Gasteiger partial charge in [0.2, 0.25) is 5.91 Å². The zero-order chi connectivity index (χ0) is 15.5. The summed E-state index contributed by atoms with van der Waals surface area (Å²) < 4.78 is 25.7. The summed E-state index contributed by atoms with van der Waals surface area (Å²) in [4.78, 5) is 14.1. The molecule has 1 atom stereocenters. The Balaban J connectivity index is 2.06. The summed E-state index contributed by atoms with van der Waals surface area (Å²) in [6.07, 6.45) is 6.46. The Morgan fingerprint density at radius 1 is 1.38 bits per heavy atom. The van der Waals surface area contributed by atoms with E-state index in [0.29, 0.717) is 13.1 Å². The highest BCUT2D eigenvalue weighted by molar-refractivity contribution is 7.92. The van der Waals surface area contributed by atoms with E-state index in [4.69, 9.17) is 0 Å². The van der Waals surface area contributed by atoms with Crippen molar-refractivity contribution < 1.29 is 13.2 Å². The van der Waals surface area contributed by atoms with E-state index >= 15 is 0 Å². The Bertz CT molecular complexity index is 566. The van der Waals surface area contributed by atoms with Gasteiger partial charge in [0.15, 0.2) is 9.84 Å². The van der Waals surface area contributed by atoms with Crippen molar-refractivity contribution >= 4 is 15.7 Å². The van der Waals surface area contributed by atoms with E-state index in [-0.39, 0.29) is 17.7 Å². The molecule has 0 N–H and O–H groups in total. The molecule has 0 aromatic carbocycles. The summed E-state index contributed by atoms with van der Waals surface area (Å²) in [5.41, 5.74) is 0. The highest BCUT2D eigenvalue weighted by atomic mass is 32.2. The minimum atomic E-state index is -3.35. The van der Waals surface area contributed by atoms with Gasteiger partial charge in [0.05, 0.1) is 17.8 Å². The zero-order valence-corrected chi connectivity index (χ0v) is 13.4. The number of rotatable bonds is 5. The van der Waals surface area contributed by atoms with Crippen LogP contribution in [0, 0.1) is 0 Å². The predicted octanol–water partition coefficient (Wildman–Crippen LogP) is 1.09. The topological polar surface area (TPSA) is 72.3 Å². The van der Waals surface area contributed by atoms with E-state index in [2.05, 4.69) is 5.10 Å². The number of sulfone groups is 1. The lowest BCUT2D eigenvalue weighted by molar-refractivity contribution is -0.132. The van der Waals surface area contributed by atoms with E-state index in [1.807, 2.05) is 12.3 Å². The fraction of sp³-hybridized carbons (Fsp3) is 0.714. The molecule has 2 rings (SSSR count). The van der Waals surface area contributed by atoms with Gasteiger partial charge < -0.3 is 4.90 Å². The number of nitrogens with zero attached hydrogens (tertiary/aromatic N) is 3. The molecule has 7 heteroatoms. The standard InChI is InChI=1S/C14H23N3O3S/c1-12(2)21(19,20)11-14(18)17-9-4-3-6-13(17)10-16-8-5-7-15-16/h5,7-8,12-13H,3-4,6,9-11H2,1-2H3. The van der Waals surface area contributed by atoms with Crippen molar-refractivity contribution in [3.8, 4) is 0 Å². The second kappa shape index (κ2) is 6.60. The normalized spacial score (nSPS) is 20.0.